The Morgan fingerprint density at radius 2 is 2.11 bits per heavy atom. The SMILES string of the molecule is COC(=O)C1CCCN(S(=O)(=O)CCOC(C)C)C1. The van der Waals surface area contributed by atoms with Gasteiger partial charge in [0.05, 0.1) is 31.5 Å². The Hall–Kier alpha value is -0.660. The van der Waals surface area contributed by atoms with Crippen LogP contribution in [0.2, 0.25) is 0 Å². The van der Waals surface area contributed by atoms with Gasteiger partial charge < -0.3 is 9.47 Å². The summed E-state index contributed by atoms with van der Waals surface area (Å²) in [4.78, 5) is 11.5. The highest BCUT2D eigenvalue weighted by molar-refractivity contribution is 7.89. The highest BCUT2D eigenvalue weighted by Gasteiger charge is 2.32. The lowest BCUT2D eigenvalue weighted by atomic mass is 10.0. The molecule has 7 heteroatoms. The topological polar surface area (TPSA) is 72.9 Å². The Morgan fingerprint density at radius 1 is 1.42 bits per heavy atom. The second kappa shape index (κ2) is 7.21. The van der Waals surface area contributed by atoms with Crippen molar-refractivity contribution in [3.63, 3.8) is 0 Å². The van der Waals surface area contributed by atoms with E-state index >= 15 is 0 Å². The van der Waals surface area contributed by atoms with Gasteiger partial charge in [-0.05, 0) is 26.7 Å². The van der Waals surface area contributed by atoms with Gasteiger partial charge in [0.15, 0.2) is 0 Å². The van der Waals surface area contributed by atoms with Crippen molar-refractivity contribution in [3.05, 3.63) is 0 Å². The van der Waals surface area contributed by atoms with Crippen molar-refractivity contribution >= 4 is 16.0 Å². The molecule has 1 atom stereocenters. The Morgan fingerprint density at radius 3 is 2.68 bits per heavy atom. The van der Waals surface area contributed by atoms with Gasteiger partial charge in [0.1, 0.15) is 0 Å². The standard InChI is InChI=1S/C12H23NO5S/c1-10(2)18-7-8-19(15,16)13-6-4-5-11(9-13)12(14)17-3/h10-11H,4-9H2,1-3H3. The molecule has 0 spiro atoms. The number of carbonyl (C=O) groups is 1. The molecule has 6 nitrogen and oxygen atoms in total. The second-order valence-corrected chi connectivity index (χ2v) is 7.04. The molecule has 1 aliphatic heterocycles. The molecule has 0 bridgehead atoms. The van der Waals surface area contributed by atoms with E-state index in [0.717, 1.165) is 0 Å². The lowest BCUT2D eigenvalue weighted by Gasteiger charge is -2.30. The number of rotatable bonds is 6. The van der Waals surface area contributed by atoms with Gasteiger partial charge in [-0.25, -0.2) is 12.7 Å². The van der Waals surface area contributed by atoms with Crippen LogP contribution in [0, 0.1) is 5.92 Å². The lowest BCUT2D eigenvalue weighted by molar-refractivity contribution is -0.146. The van der Waals surface area contributed by atoms with Crippen molar-refractivity contribution in [2.75, 3.05) is 32.6 Å². The predicted molar refractivity (Wildman–Crippen MR) is 71.2 cm³/mol. The number of sulfonamides is 1. The average molecular weight is 293 g/mol. The molecule has 19 heavy (non-hydrogen) atoms. The van der Waals surface area contributed by atoms with Crippen molar-refractivity contribution < 1.29 is 22.7 Å². The van der Waals surface area contributed by atoms with Crippen LogP contribution in [0.1, 0.15) is 26.7 Å². The normalized spacial score (nSPS) is 21.6. The van der Waals surface area contributed by atoms with Gasteiger partial charge in [0.2, 0.25) is 10.0 Å². The average Bonchev–Trinajstić information content (AvgIpc) is 2.37. The molecule has 112 valence electrons. The second-order valence-electron chi connectivity index (χ2n) is 4.96. The molecule has 1 aliphatic rings. The van der Waals surface area contributed by atoms with Crippen LogP contribution < -0.4 is 0 Å². The minimum absolute atomic E-state index is 0.0133. The molecular formula is C12H23NO5S. The molecule has 0 N–H and O–H groups in total. The van der Waals surface area contributed by atoms with E-state index in [9.17, 15) is 13.2 Å². The molecule has 1 unspecified atom stereocenters. The third kappa shape index (κ3) is 5.08. The molecule has 1 rings (SSSR count). The van der Waals surface area contributed by atoms with Crippen LogP contribution in [0.3, 0.4) is 0 Å². The molecule has 0 aliphatic carbocycles. The van der Waals surface area contributed by atoms with E-state index in [1.54, 1.807) is 0 Å². The summed E-state index contributed by atoms with van der Waals surface area (Å²) < 4.78 is 35.6. The maximum absolute atomic E-state index is 12.1. The molecule has 1 heterocycles. The van der Waals surface area contributed by atoms with Gasteiger partial charge in [-0.3, -0.25) is 4.79 Å². The van der Waals surface area contributed by atoms with Crippen molar-refractivity contribution in [2.24, 2.45) is 5.92 Å². The lowest BCUT2D eigenvalue weighted by Crippen LogP contribution is -2.44. The van der Waals surface area contributed by atoms with E-state index in [1.807, 2.05) is 13.8 Å². The van der Waals surface area contributed by atoms with E-state index in [4.69, 9.17) is 4.74 Å². The number of hydrogen-bond acceptors (Lipinski definition) is 5. The van der Waals surface area contributed by atoms with Gasteiger partial charge >= 0.3 is 5.97 Å². The van der Waals surface area contributed by atoms with Crippen LogP contribution in [0.25, 0.3) is 0 Å². The Kier molecular flexibility index (Phi) is 6.22. The first-order valence-electron chi connectivity index (χ1n) is 6.54. The maximum atomic E-state index is 12.1. The van der Waals surface area contributed by atoms with Crippen molar-refractivity contribution in [2.45, 2.75) is 32.8 Å². The molecule has 0 radical (unpaired) electrons. The van der Waals surface area contributed by atoms with Gasteiger partial charge in [0.25, 0.3) is 0 Å². The molecule has 1 fully saturated rings. The quantitative estimate of drug-likeness (QED) is 0.672. The highest BCUT2D eigenvalue weighted by atomic mass is 32.2. The van der Waals surface area contributed by atoms with Crippen molar-refractivity contribution in [1.82, 2.24) is 4.31 Å². The molecule has 0 aromatic heterocycles. The summed E-state index contributed by atoms with van der Waals surface area (Å²) >= 11 is 0. The first-order chi connectivity index (χ1) is 8.86. The van der Waals surface area contributed by atoms with Crippen molar-refractivity contribution in [1.29, 1.82) is 0 Å². The smallest absolute Gasteiger partial charge is 0.309 e. The van der Waals surface area contributed by atoms with Crippen LogP contribution in [-0.2, 0) is 24.3 Å². The van der Waals surface area contributed by atoms with Crippen LogP contribution in [0.5, 0.6) is 0 Å². The van der Waals surface area contributed by atoms with Crippen LogP contribution in [-0.4, -0.2) is 57.4 Å². The fourth-order valence-corrected chi connectivity index (χ4v) is 3.45. The Labute approximate surface area is 115 Å². The first kappa shape index (κ1) is 16.4. The maximum Gasteiger partial charge on any atom is 0.309 e. The fraction of sp³-hybridized carbons (Fsp3) is 0.917. The molecular weight excluding hydrogens is 270 g/mol. The summed E-state index contributed by atoms with van der Waals surface area (Å²) in [5.74, 6) is -0.725. The summed E-state index contributed by atoms with van der Waals surface area (Å²) in [6.45, 7) is 4.59. The number of hydrogen-bond donors (Lipinski definition) is 0. The molecule has 0 aromatic rings. The zero-order valence-corrected chi connectivity index (χ0v) is 12.6. The van der Waals surface area contributed by atoms with Crippen LogP contribution in [0.4, 0.5) is 0 Å². The molecule has 0 saturated carbocycles. The van der Waals surface area contributed by atoms with Crippen LogP contribution >= 0.6 is 0 Å². The molecule has 0 amide bonds. The number of carbonyl (C=O) groups excluding carboxylic acids is 1. The predicted octanol–water partition coefficient (Wildman–Crippen LogP) is 0.626. The van der Waals surface area contributed by atoms with Crippen LogP contribution in [0.15, 0.2) is 0 Å². The molecule has 0 aromatic carbocycles. The highest BCUT2D eigenvalue weighted by Crippen LogP contribution is 2.20. The van der Waals surface area contributed by atoms with E-state index in [-0.39, 0.29) is 36.9 Å². The van der Waals surface area contributed by atoms with Gasteiger partial charge in [-0.1, -0.05) is 0 Å². The number of esters is 1. The zero-order chi connectivity index (χ0) is 14.5. The minimum atomic E-state index is -3.35. The summed E-state index contributed by atoms with van der Waals surface area (Å²) in [7, 11) is -2.03. The number of nitrogens with zero attached hydrogens (tertiary/aromatic N) is 1. The summed E-state index contributed by atoms with van der Waals surface area (Å²) in [6.07, 6.45) is 1.38. The first-order valence-corrected chi connectivity index (χ1v) is 8.15. The van der Waals surface area contributed by atoms with Crippen molar-refractivity contribution in [3.8, 4) is 0 Å². The fourth-order valence-electron chi connectivity index (χ4n) is 2.07. The Bertz CT molecular complexity index is 393. The van der Waals surface area contributed by atoms with Gasteiger partial charge in [-0.15, -0.1) is 0 Å². The zero-order valence-electron chi connectivity index (χ0n) is 11.8. The molecule has 1 saturated heterocycles. The Balaban J connectivity index is 2.55. The van der Waals surface area contributed by atoms with E-state index in [1.165, 1.54) is 11.4 Å². The van der Waals surface area contributed by atoms with E-state index in [2.05, 4.69) is 4.74 Å². The largest absolute Gasteiger partial charge is 0.469 e. The third-order valence-corrected chi connectivity index (χ3v) is 4.91. The van der Waals surface area contributed by atoms with Gasteiger partial charge in [-0.2, -0.15) is 0 Å². The number of piperidine rings is 1. The number of ether oxygens (including phenoxy) is 2. The monoisotopic (exact) mass is 293 g/mol. The van der Waals surface area contributed by atoms with E-state index < -0.39 is 10.0 Å². The third-order valence-electron chi connectivity index (χ3n) is 3.10. The van der Waals surface area contributed by atoms with Gasteiger partial charge in [0, 0.05) is 13.1 Å². The summed E-state index contributed by atoms with van der Waals surface area (Å²) in [5, 5.41) is 0. The summed E-state index contributed by atoms with van der Waals surface area (Å²) in [6, 6.07) is 0. The van der Waals surface area contributed by atoms with E-state index in [0.29, 0.717) is 19.4 Å². The summed E-state index contributed by atoms with van der Waals surface area (Å²) in [5.41, 5.74) is 0. The number of methoxy groups -OCH3 is 1. The minimum Gasteiger partial charge on any atom is -0.469 e.